The molecule has 3 nitrogen and oxygen atoms in total. The highest BCUT2D eigenvalue weighted by Gasteiger charge is 2.22. The maximum Gasteiger partial charge on any atom is 0.189 e. The number of hydrogen-bond donors (Lipinski definition) is 0. The van der Waals surface area contributed by atoms with Crippen LogP contribution in [0.5, 0.6) is 5.75 Å². The molecule has 0 spiro atoms. The van der Waals surface area contributed by atoms with E-state index in [1.165, 1.54) is 0 Å². The number of hydrogen-bond acceptors (Lipinski definition) is 3. The van der Waals surface area contributed by atoms with Crippen LogP contribution in [0.15, 0.2) is 46.7 Å². The molecule has 2 aromatic rings. The third-order valence-corrected chi connectivity index (χ3v) is 4.01. The molecule has 0 saturated heterocycles. The average molecular weight is 344 g/mol. The number of aromatic nitrogens is 1. The summed E-state index contributed by atoms with van der Waals surface area (Å²) in [5.74, 6) is 0.893. The largest absolute Gasteiger partial charge is 0.497 e. The highest BCUT2D eigenvalue weighted by molar-refractivity contribution is 9.10. The molecule has 21 heavy (non-hydrogen) atoms. The molecule has 1 aliphatic rings. The first-order chi connectivity index (χ1) is 10.2. The monoisotopic (exact) mass is 343 g/mol. The zero-order chi connectivity index (χ0) is 14.8. The second-order valence-corrected chi connectivity index (χ2v) is 5.87. The Labute approximate surface area is 131 Å². The van der Waals surface area contributed by atoms with Crippen molar-refractivity contribution < 1.29 is 9.53 Å². The number of carbonyl (C=O) groups excluding carboxylic acids is 1. The predicted octanol–water partition coefficient (Wildman–Crippen LogP) is 4.07. The molecular weight excluding hydrogens is 330 g/mol. The predicted molar refractivity (Wildman–Crippen MR) is 85.6 cm³/mol. The zero-order valence-electron chi connectivity index (χ0n) is 11.6. The fraction of sp³-hybridized carbons (Fsp3) is 0.176. The molecule has 4 heteroatoms. The van der Waals surface area contributed by atoms with Gasteiger partial charge in [0, 0.05) is 28.0 Å². The maximum atomic E-state index is 12.6. The van der Waals surface area contributed by atoms with Crippen molar-refractivity contribution in [3.63, 3.8) is 0 Å². The number of carbonyl (C=O) groups is 1. The number of methoxy groups -OCH3 is 1. The van der Waals surface area contributed by atoms with Gasteiger partial charge in [-0.2, -0.15) is 0 Å². The third-order valence-electron chi connectivity index (χ3n) is 3.58. The first-order valence-corrected chi connectivity index (χ1v) is 7.49. The summed E-state index contributed by atoms with van der Waals surface area (Å²) in [5, 5.41) is 0. The van der Waals surface area contributed by atoms with E-state index < -0.39 is 0 Å². The lowest BCUT2D eigenvalue weighted by Gasteiger charge is -2.18. The van der Waals surface area contributed by atoms with E-state index in [0.29, 0.717) is 0 Å². The van der Waals surface area contributed by atoms with Crippen molar-refractivity contribution in [3.05, 3.63) is 63.4 Å². The standard InChI is InChI=1S/C17H14BrNO2/c1-21-15-4-5-16-12(8-15)2-3-13(17(16)20)6-11-7-14(18)10-19-9-11/h4-10H,2-3H2,1H3. The molecule has 1 aromatic heterocycles. The Bertz CT molecular complexity index is 737. The van der Waals surface area contributed by atoms with E-state index in [2.05, 4.69) is 20.9 Å². The normalized spacial score (nSPS) is 15.9. The highest BCUT2D eigenvalue weighted by atomic mass is 79.9. The van der Waals surface area contributed by atoms with Gasteiger partial charge in [0.25, 0.3) is 0 Å². The van der Waals surface area contributed by atoms with Gasteiger partial charge in [0.05, 0.1) is 7.11 Å². The minimum Gasteiger partial charge on any atom is -0.497 e. The molecule has 1 heterocycles. The van der Waals surface area contributed by atoms with Crippen molar-refractivity contribution >= 4 is 27.8 Å². The third kappa shape index (κ3) is 2.90. The van der Waals surface area contributed by atoms with Gasteiger partial charge >= 0.3 is 0 Å². The minimum absolute atomic E-state index is 0.0962. The number of ether oxygens (including phenoxy) is 1. The summed E-state index contributed by atoms with van der Waals surface area (Å²) < 4.78 is 6.12. The van der Waals surface area contributed by atoms with Crippen LogP contribution in [0.1, 0.15) is 27.9 Å². The molecule has 0 saturated carbocycles. The second kappa shape index (κ2) is 5.82. The number of allylic oxidation sites excluding steroid dienone is 1. The van der Waals surface area contributed by atoms with Gasteiger partial charge in [-0.25, -0.2) is 0 Å². The number of pyridine rings is 1. The summed E-state index contributed by atoms with van der Waals surface area (Å²) in [7, 11) is 1.64. The van der Waals surface area contributed by atoms with E-state index in [9.17, 15) is 4.79 Å². The molecule has 0 amide bonds. The summed E-state index contributed by atoms with van der Waals surface area (Å²) in [5.41, 5.74) is 3.59. The van der Waals surface area contributed by atoms with Crippen molar-refractivity contribution in [2.24, 2.45) is 0 Å². The summed E-state index contributed by atoms with van der Waals surface area (Å²) in [4.78, 5) is 16.7. The van der Waals surface area contributed by atoms with E-state index in [1.807, 2.05) is 30.3 Å². The molecule has 0 fully saturated rings. The summed E-state index contributed by atoms with van der Waals surface area (Å²) >= 11 is 3.39. The number of halogens is 1. The van der Waals surface area contributed by atoms with Crippen molar-refractivity contribution in [2.75, 3.05) is 7.11 Å². The Kier molecular flexibility index (Phi) is 3.88. The van der Waals surface area contributed by atoms with Crippen molar-refractivity contribution in [1.29, 1.82) is 0 Å². The van der Waals surface area contributed by atoms with Crippen LogP contribution in [0.25, 0.3) is 6.08 Å². The summed E-state index contributed by atoms with van der Waals surface area (Å²) in [6, 6.07) is 7.59. The fourth-order valence-electron chi connectivity index (χ4n) is 2.53. The lowest BCUT2D eigenvalue weighted by Crippen LogP contribution is -2.14. The van der Waals surface area contributed by atoms with Gasteiger partial charge in [-0.1, -0.05) is 0 Å². The van der Waals surface area contributed by atoms with E-state index in [-0.39, 0.29) is 5.78 Å². The Hall–Kier alpha value is -1.94. The Balaban J connectivity index is 1.95. The van der Waals surface area contributed by atoms with Crippen LogP contribution < -0.4 is 4.74 Å². The number of aryl methyl sites for hydroxylation is 1. The molecule has 0 radical (unpaired) electrons. The van der Waals surface area contributed by atoms with Gasteiger partial charge in [-0.3, -0.25) is 9.78 Å². The van der Waals surface area contributed by atoms with Crippen LogP contribution in [-0.2, 0) is 6.42 Å². The number of benzene rings is 1. The molecule has 1 aromatic carbocycles. The van der Waals surface area contributed by atoms with Crippen LogP contribution in [0.2, 0.25) is 0 Å². The van der Waals surface area contributed by atoms with E-state index in [4.69, 9.17) is 4.74 Å². The van der Waals surface area contributed by atoms with Crippen LogP contribution in [0, 0.1) is 0 Å². The lowest BCUT2D eigenvalue weighted by molar-refractivity contribution is 0.102. The SMILES string of the molecule is COc1ccc2c(c1)CCC(=Cc1cncc(Br)c1)C2=O. The van der Waals surface area contributed by atoms with E-state index in [1.54, 1.807) is 19.5 Å². The molecule has 106 valence electrons. The number of fused-ring (bicyclic) bond motifs is 1. The van der Waals surface area contributed by atoms with Gasteiger partial charge < -0.3 is 4.74 Å². The first-order valence-electron chi connectivity index (χ1n) is 6.70. The minimum atomic E-state index is 0.0962. The molecule has 0 bridgehead atoms. The molecule has 3 rings (SSSR count). The lowest BCUT2D eigenvalue weighted by atomic mass is 9.86. The second-order valence-electron chi connectivity index (χ2n) is 4.96. The van der Waals surface area contributed by atoms with Crippen molar-refractivity contribution in [3.8, 4) is 5.75 Å². The van der Waals surface area contributed by atoms with Crippen molar-refractivity contribution in [2.45, 2.75) is 12.8 Å². The zero-order valence-corrected chi connectivity index (χ0v) is 13.2. The number of rotatable bonds is 2. The molecule has 0 N–H and O–H groups in total. The van der Waals surface area contributed by atoms with Gasteiger partial charge in [0.15, 0.2) is 5.78 Å². The van der Waals surface area contributed by atoms with Gasteiger partial charge in [-0.15, -0.1) is 0 Å². The molecule has 0 unspecified atom stereocenters. The van der Waals surface area contributed by atoms with E-state index >= 15 is 0 Å². The first kappa shape index (κ1) is 14.0. The number of nitrogens with zero attached hydrogens (tertiary/aromatic N) is 1. The Morgan fingerprint density at radius 2 is 2.10 bits per heavy atom. The fourth-order valence-corrected chi connectivity index (χ4v) is 2.91. The van der Waals surface area contributed by atoms with Gasteiger partial charge in [0.1, 0.15) is 5.75 Å². The van der Waals surface area contributed by atoms with Crippen LogP contribution >= 0.6 is 15.9 Å². The topological polar surface area (TPSA) is 39.2 Å². The van der Waals surface area contributed by atoms with Crippen LogP contribution in [0.3, 0.4) is 0 Å². The quantitative estimate of drug-likeness (QED) is 0.771. The highest BCUT2D eigenvalue weighted by Crippen LogP contribution is 2.29. The number of Topliss-reactive ketones (excluding diaryl/α,β-unsaturated/α-hetero) is 1. The summed E-state index contributed by atoms with van der Waals surface area (Å²) in [6.45, 7) is 0. The smallest absolute Gasteiger partial charge is 0.189 e. The molecular formula is C17H14BrNO2. The molecule has 0 aliphatic heterocycles. The Morgan fingerprint density at radius 3 is 2.86 bits per heavy atom. The summed E-state index contributed by atoms with van der Waals surface area (Å²) in [6.07, 6.45) is 7.01. The van der Waals surface area contributed by atoms with Gasteiger partial charge in [-0.05, 0) is 70.2 Å². The van der Waals surface area contributed by atoms with E-state index in [0.717, 1.165) is 45.3 Å². The van der Waals surface area contributed by atoms with Crippen LogP contribution in [0.4, 0.5) is 0 Å². The molecule has 1 aliphatic carbocycles. The van der Waals surface area contributed by atoms with Crippen LogP contribution in [-0.4, -0.2) is 17.9 Å². The number of ketones is 1. The Morgan fingerprint density at radius 1 is 1.24 bits per heavy atom. The molecule has 0 atom stereocenters. The van der Waals surface area contributed by atoms with Gasteiger partial charge in [0.2, 0.25) is 0 Å². The van der Waals surface area contributed by atoms with Crippen molar-refractivity contribution in [1.82, 2.24) is 4.98 Å². The maximum absolute atomic E-state index is 12.6. The average Bonchev–Trinajstić information content (AvgIpc) is 2.50.